The number of likely N-dealkylation sites (tertiary alicyclic amines) is 1. The van der Waals surface area contributed by atoms with E-state index in [1.165, 1.54) is 4.88 Å². The van der Waals surface area contributed by atoms with Gasteiger partial charge in [0, 0.05) is 47.7 Å². The molecule has 1 amide bonds. The van der Waals surface area contributed by atoms with Crippen LogP contribution in [0.1, 0.15) is 40.5 Å². The Hall–Kier alpha value is -2.45. The van der Waals surface area contributed by atoms with Gasteiger partial charge >= 0.3 is 0 Å². The van der Waals surface area contributed by atoms with Crippen LogP contribution >= 0.6 is 11.3 Å². The van der Waals surface area contributed by atoms with Crippen LogP contribution in [-0.2, 0) is 0 Å². The van der Waals surface area contributed by atoms with Crippen molar-refractivity contribution in [3.63, 3.8) is 0 Å². The van der Waals surface area contributed by atoms with Gasteiger partial charge in [-0.05, 0) is 67.1 Å². The Morgan fingerprint density at radius 3 is 2.47 bits per heavy atom. The Morgan fingerprint density at radius 2 is 1.77 bits per heavy atom. The van der Waals surface area contributed by atoms with Gasteiger partial charge in [0.15, 0.2) is 0 Å². The molecule has 2 aromatic heterocycles. The van der Waals surface area contributed by atoms with E-state index in [1.54, 1.807) is 11.3 Å². The maximum atomic E-state index is 12.7. The van der Waals surface area contributed by atoms with Crippen molar-refractivity contribution in [2.75, 3.05) is 13.1 Å². The fourth-order valence-electron chi connectivity index (χ4n) is 4.37. The summed E-state index contributed by atoms with van der Waals surface area (Å²) in [6.07, 6.45) is 7.39. The molecule has 0 aliphatic carbocycles. The van der Waals surface area contributed by atoms with Crippen LogP contribution in [0.3, 0.4) is 0 Å². The summed E-state index contributed by atoms with van der Waals surface area (Å²) in [7, 11) is 0. The molecule has 2 fully saturated rings. The summed E-state index contributed by atoms with van der Waals surface area (Å²) in [6.45, 7) is 1.99. The fourth-order valence-corrected chi connectivity index (χ4v) is 5.16. The van der Waals surface area contributed by atoms with Gasteiger partial charge in [-0.2, -0.15) is 0 Å². The number of hydrazine groups is 1. The van der Waals surface area contributed by atoms with Gasteiger partial charge in [-0.25, -0.2) is 10.9 Å². The van der Waals surface area contributed by atoms with Crippen molar-refractivity contribution in [1.29, 1.82) is 0 Å². The molecule has 3 N–H and O–H groups in total. The van der Waals surface area contributed by atoms with Crippen molar-refractivity contribution in [3.8, 4) is 5.69 Å². The predicted molar refractivity (Wildman–Crippen MR) is 120 cm³/mol. The van der Waals surface area contributed by atoms with E-state index < -0.39 is 0 Å². The zero-order chi connectivity index (χ0) is 20.3. The monoisotopic (exact) mass is 421 g/mol. The Balaban J connectivity index is 1.11. The van der Waals surface area contributed by atoms with E-state index in [-0.39, 0.29) is 11.9 Å². The highest BCUT2D eigenvalue weighted by Gasteiger charge is 2.32. The first kappa shape index (κ1) is 19.5. The molecule has 2 unspecified atom stereocenters. The molecule has 2 aliphatic heterocycles. The number of nitrogens with one attached hydrogen (secondary N) is 3. The quantitative estimate of drug-likeness (QED) is 0.592. The van der Waals surface area contributed by atoms with E-state index in [4.69, 9.17) is 0 Å². The molecular weight excluding hydrogens is 394 g/mol. The number of benzene rings is 1. The van der Waals surface area contributed by atoms with Crippen LogP contribution in [0.2, 0.25) is 0 Å². The second-order valence-corrected chi connectivity index (χ2v) is 9.01. The number of nitrogens with zero attached hydrogens (tertiary/aromatic N) is 2. The van der Waals surface area contributed by atoms with Gasteiger partial charge in [-0.1, -0.05) is 6.07 Å². The van der Waals surface area contributed by atoms with Crippen molar-refractivity contribution < 1.29 is 4.79 Å². The lowest BCUT2D eigenvalue weighted by Gasteiger charge is -2.35. The SMILES string of the molecule is O=C(NC1CCN(C2CC(c3cccs3)NN2)CC1)c1ccc(-n2cccc2)cc1. The molecule has 3 aromatic rings. The molecule has 1 aromatic carbocycles. The van der Waals surface area contributed by atoms with Gasteiger partial charge in [0.25, 0.3) is 5.91 Å². The van der Waals surface area contributed by atoms with Crippen molar-refractivity contribution in [1.82, 2.24) is 25.6 Å². The normalized spacial score (nSPS) is 22.9. The zero-order valence-electron chi connectivity index (χ0n) is 16.8. The van der Waals surface area contributed by atoms with E-state index in [0.717, 1.165) is 38.0 Å². The summed E-state index contributed by atoms with van der Waals surface area (Å²) in [5, 5.41) is 5.36. The number of rotatable bonds is 5. The number of piperidine rings is 1. The molecule has 5 rings (SSSR count). The van der Waals surface area contributed by atoms with Gasteiger partial charge in [-0.3, -0.25) is 9.69 Å². The molecule has 2 saturated heterocycles. The number of thiophene rings is 1. The summed E-state index contributed by atoms with van der Waals surface area (Å²) in [4.78, 5) is 16.5. The molecule has 0 radical (unpaired) electrons. The largest absolute Gasteiger partial charge is 0.349 e. The number of carbonyl (C=O) groups is 1. The number of hydrogen-bond donors (Lipinski definition) is 3. The molecule has 0 spiro atoms. The lowest BCUT2D eigenvalue weighted by atomic mass is 10.0. The van der Waals surface area contributed by atoms with E-state index in [1.807, 2.05) is 53.4 Å². The highest BCUT2D eigenvalue weighted by molar-refractivity contribution is 7.10. The molecular formula is C23H27N5OS. The van der Waals surface area contributed by atoms with Crippen LogP contribution in [0, 0.1) is 0 Å². The molecule has 156 valence electrons. The van der Waals surface area contributed by atoms with Crippen LogP contribution in [0.4, 0.5) is 0 Å². The van der Waals surface area contributed by atoms with Crippen LogP contribution in [-0.4, -0.2) is 40.7 Å². The molecule has 0 saturated carbocycles. The standard InChI is InChI=1S/C23H27N5OS/c29-23(17-5-7-19(8-6-17)27-11-1-2-12-27)24-18-9-13-28(14-10-18)22-16-20(25-26-22)21-4-3-15-30-21/h1-8,11-12,15,18,20,22,25-26H,9-10,13-14,16H2,(H,24,29). The van der Waals surface area contributed by atoms with E-state index in [0.29, 0.717) is 17.8 Å². The average Bonchev–Trinajstić information content (AvgIpc) is 3.57. The number of aromatic nitrogens is 1. The number of amides is 1. The molecule has 2 atom stereocenters. The average molecular weight is 422 g/mol. The first-order valence-corrected chi connectivity index (χ1v) is 11.5. The van der Waals surface area contributed by atoms with Gasteiger partial charge in [0.2, 0.25) is 0 Å². The Labute approximate surface area is 180 Å². The van der Waals surface area contributed by atoms with E-state index >= 15 is 0 Å². The zero-order valence-corrected chi connectivity index (χ0v) is 17.6. The maximum Gasteiger partial charge on any atom is 0.251 e. The van der Waals surface area contributed by atoms with Gasteiger partial charge < -0.3 is 9.88 Å². The van der Waals surface area contributed by atoms with Crippen molar-refractivity contribution >= 4 is 17.2 Å². The first-order chi connectivity index (χ1) is 14.8. The lowest BCUT2D eigenvalue weighted by Crippen LogP contribution is -2.51. The molecule has 6 nitrogen and oxygen atoms in total. The minimum Gasteiger partial charge on any atom is -0.349 e. The summed E-state index contributed by atoms with van der Waals surface area (Å²) < 4.78 is 2.03. The van der Waals surface area contributed by atoms with Crippen molar-refractivity contribution in [2.24, 2.45) is 0 Å². The summed E-state index contributed by atoms with van der Waals surface area (Å²) in [5.74, 6) is 0.0194. The third-order valence-corrected chi connectivity index (χ3v) is 7.09. The third kappa shape index (κ3) is 4.20. The van der Waals surface area contributed by atoms with Crippen LogP contribution in [0.15, 0.2) is 66.3 Å². The van der Waals surface area contributed by atoms with Crippen LogP contribution in [0.25, 0.3) is 5.69 Å². The van der Waals surface area contributed by atoms with Crippen LogP contribution in [0.5, 0.6) is 0 Å². The first-order valence-electron chi connectivity index (χ1n) is 10.6. The van der Waals surface area contributed by atoms with Crippen molar-refractivity contribution in [3.05, 3.63) is 76.7 Å². The molecule has 0 bridgehead atoms. The number of hydrogen-bond acceptors (Lipinski definition) is 5. The Morgan fingerprint density at radius 1 is 1.00 bits per heavy atom. The minimum atomic E-state index is 0.0194. The lowest BCUT2D eigenvalue weighted by molar-refractivity contribution is 0.0880. The maximum absolute atomic E-state index is 12.7. The summed E-state index contributed by atoms with van der Waals surface area (Å²) in [5.41, 5.74) is 8.66. The topological polar surface area (TPSA) is 61.3 Å². The highest BCUT2D eigenvalue weighted by atomic mass is 32.1. The molecule has 4 heterocycles. The van der Waals surface area contributed by atoms with Gasteiger partial charge in [0.05, 0.1) is 12.2 Å². The molecule has 30 heavy (non-hydrogen) atoms. The van der Waals surface area contributed by atoms with Crippen LogP contribution < -0.4 is 16.2 Å². The molecule has 7 heteroatoms. The van der Waals surface area contributed by atoms with Crippen molar-refractivity contribution in [2.45, 2.75) is 37.5 Å². The van der Waals surface area contributed by atoms with Gasteiger partial charge in [0.1, 0.15) is 0 Å². The second-order valence-electron chi connectivity index (χ2n) is 8.03. The van der Waals surface area contributed by atoms with E-state index in [2.05, 4.69) is 38.6 Å². The summed E-state index contributed by atoms with van der Waals surface area (Å²) >= 11 is 1.80. The Bertz CT molecular complexity index is 946. The van der Waals surface area contributed by atoms with Gasteiger partial charge in [-0.15, -0.1) is 11.3 Å². The molecule has 2 aliphatic rings. The minimum absolute atomic E-state index is 0.0194. The predicted octanol–water partition coefficient (Wildman–Crippen LogP) is 3.30. The Kier molecular flexibility index (Phi) is 5.68. The second kappa shape index (κ2) is 8.73. The number of carbonyl (C=O) groups excluding carboxylic acids is 1. The fraction of sp³-hybridized carbons (Fsp3) is 0.348. The third-order valence-electron chi connectivity index (χ3n) is 6.11. The smallest absolute Gasteiger partial charge is 0.251 e. The summed E-state index contributed by atoms with van der Waals surface area (Å²) in [6, 6.07) is 16.7. The highest BCUT2D eigenvalue weighted by Crippen LogP contribution is 2.28. The van der Waals surface area contributed by atoms with E-state index in [9.17, 15) is 4.79 Å².